The first-order chi connectivity index (χ1) is 18.7. The fourth-order valence-electron chi connectivity index (χ4n) is 4.32. The van der Waals surface area contributed by atoms with E-state index in [4.69, 9.17) is 5.11 Å². The lowest BCUT2D eigenvalue weighted by Crippen LogP contribution is -2.61. The molecule has 9 nitrogen and oxygen atoms in total. The van der Waals surface area contributed by atoms with Crippen molar-refractivity contribution >= 4 is 27.8 Å². The van der Waals surface area contributed by atoms with E-state index in [-0.39, 0.29) is 45.4 Å². The van der Waals surface area contributed by atoms with Gasteiger partial charge in [-0.25, -0.2) is 8.42 Å². The van der Waals surface area contributed by atoms with E-state index in [2.05, 4.69) is 5.32 Å². The van der Waals surface area contributed by atoms with Gasteiger partial charge in [0.25, 0.3) is 0 Å². The largest absolute Gasteiger partial charge is 0.481 e. The van der Waals surface area contributed by atoms with Crippen LogP contribution in [0.25, 0.3) is 0 Å². The van der Waals surface area contributed by atoms with Gasteiger partial charge in [-0.1, -0.05) is 38.1 Å². The summed E-state index contributed by atoms with van der Waals surface area (Å²) < 4.78 is 66.8. The molecule has 0 radical (unpaired) electrons. The average Bonchev–Trinajstić information content (AvgIpc) is 2.90. The van der Waals surface area contributed by atoms with E-state index in [1.165, 1.54) is 4.90 Å². The van der Waals surface area contributed by atoms with Gasteiger partial charge in [-0.15, -0.1) is 0 Å². The first-order valence-electron chi connectivity index (χ1n) is 12.8. The van der Waals surface area contributed by atoms with Crippen LogP contribution in [0.2, 0.25) is 0 Å². The molecule has 40 heavy (non-hydrogen) atoms. The number of sulfonamides is 1. The topological polar surface area (TPSA) is 124 Å². The number of carboxylic acids is 1. The molecule has 2 aromatic carbocycles. The van der Waals surface area contributed by atoms with Gasteiger partial charge in [0, 0.05) is 39.0 Å². The molecule has 0 aromatic heterocycles. The van der Waals surface area contributed by atoms with Gasteiger partial charge in [-0.05, 0) is 47.7 Å². The molecule has 0 aliphatic carbocycles. The number of hydrogen-bond acceptors (Lipinski definition) is 5. The van der Waals surface area contributed by atoms with Crippen molar-refractivity contribution in [3.8, 4) is 0 Å². The second kappa shape index (κ2) is 12.8. The SMILES string of the molecule is CC(C)c1ccc(CNC(=O)[C@H]2CN(C(=O)CCCC(=O)O)CCN2S(=O)(=O)c2ccc(C(F)(F)F)cc2)cc1. The summed E-state index contributed by atoms with van der Waals surface area (Å²) in [6.07, 6.45) is -4.87. The van der Waals surface area contributed by atoms with Crippen molar-refractivity contribution in [1.82, 2.24) is 14.5 Å². The van der Waals surface area contributed by atoms with E-state index in [1.807, 2.05) is 38.1 Å². The highest BCUT2D eigenvalue weighted by Crippen LogP contribution is 2.31. The van der Waals surface area contributed by atoms with Gasteiger partial charge >= 0.3 is 12.1 Å². The maximum atomic E-state index is 13.5. The summed E-state index contributed by atoms with van der Waals surface area (Å²) in [5.41, 5.74) is 0.863. The highest BCUT2D eigenvalue weighted by Gasteiger charge is 2.41. The van der Waals surface area contributed by atoms with Gasteiger partial charge in [0.15, 0.2) is 0 Å². The number of benzene rings is 2. The summed E-state index contributed by atoms with van der Waals surface area (Å²) in [5, 5.41) is 11.5. The van der Waals surface area contributed by atoms with E-state index in [0.29, 0.717) is 18.1 Å². The minimum Gasteiger partial charge on any atom is -0.481 e. The number of amides is 2. The van der Waals surface area contributed by atoms with Crippen LogP contribution >= 0.6 is 0 Å². The lowest BCUT2D eigenvalue weighted by molar-refractivity contribution is -0.139. The number of aliphatic carboxylic acids is 1. The fourth-order valence-corrected chi connectivity index (χ4v) is 5.89. The van der Waals surface area contributed by atoms with Gasteiger partial charge in [-0.2, -0.15) is 17.5 Å². The number of halogens is 3. The maximum Gasteiger partial charge on any atom is 0.416 e. The normalized spacial score (nSPS) is 16.6. The molecule has 1 aliphatic rings. The van der Waals surface area contributed by atoms with Crippen molar-refractivity contribution < 1.29 is 41.1 Å². The van der Waals surface area contributed by atoms with Crippen molar-refractivity contribution in [1.29, 1.82) is 0 Å². The molecule has 2 amide bonds. The predicted molar refractivity (Wildman–Crippen MR) is 140 cm³/mol. The summed E-state index contributed by atoms with van der Waals surface area (Å²) in [6, 6.07) is 9.17. The van der Waals surface area contributed by atoms with Crippen LogP contribution in [-0.2, 0) is 37.1 Å². The van der Waals surface area contributed by atoms with Crippen LogP contribution in [0.3, 0.4) is 0 Å². The number of alkyl halides is 3. The second-order valence-corrected chi connectivity index (χ2v) is 11.7. The second-order valence-electron chi connectivity index (χ2n) is 9.85. The number of nitrogens with zero attached hydrogens (tertiary/aromatic N) is 2. The quantitative estimate of drug-likeness (QED) is 0.441. The highest BCUT2D eigenvalue weighted by atomic mass is 32.2. The maximum absolute atomic E-state index is 13.5. The van der Waals surface area contributed by atoms with Crippen LogP contribution < -0.4 is 5.32 Å². The molecule has 13 heteroatoms. The minimum absolute atomic E-state index is 0.0633. The van der Waals surface area contributed by atoms with Crippen molar-refractivity contribution in [2.75, 3.05) is 19.6 Å². The number of hydrogen-bond donors (Lipinski definition) is 2. The Hall–Kier alpha value is -3.45. The van der Waals surface area contributed by atoms with Crippen molar-refractivity contribution in [2.24, 2.45) is 0 Å². The van der Waals surface area contributed by atoms with Gasteiger partial charge < -0.3 is 15.3 Å². The molecule has 1 fully saturated rings. The summed E-state index contributed by atoms with van der Waals surface area (Å²) in [7, 11) is -4.40. The lowest BCUT2D eigenvalue weighted by atomic mass is 10.0. The molecule has 218 valence electrons. The monoisotopic (exact) mass is 583 g/mol. The van der Waals surface area contributed by atoms with Gasteiger partial charge in [-0.3, -0.25) is 14.4 Å². The minimum atomic E-state index is -4.65. The number of carbonyl (C=O) groups is 3. The smallest absolute Gasteiger partial charge is 0.416 e. The Morgan fingerprint density at radius 1 is 1.00 bits per heavy atom. The van der Waals surface area contributed by atoms with Gasteiger partial charge in [0.05, 0.1) is 10.5 Å². The first kappa shape index (κ1) is 31.1. The Bertz CT molecular complexity index is 1310. The van der Waals surface area contributed by atoms with Crippen LogP contribution in [0.15, 0.2) is 53.4 Å². The third-order valence-corrected chi connectivity index (χ3v) is 8.59. The summed E-state index contributed by atoms with van der Waals surface area (Å²) in [4.78, 5) is 37.7. The molecule has 0 spiro atoms. The molecule has 2 N–H and O–H groups in total. The number of carboxylic acid groups (broad SMARTS) is 1. The summed E-state index contributed by atoms with van der Waals surface area (Å²) in [6.45, 7) is 3.56. The third kappa shape index (κ3) is 7.81. The van der Waals surface area contributed by atoms with Crippen LogP contribution in [0.1, 0.15) is 55.7 Å². The highest BCUT2D eigenvalue weighted by molar-refractivity contribution is 7.89. The van der Waals surface area contributed by atoms with Crippen LogP contribution in [0.4, 0.5) is 13.2 Å². The van der Waals surface area contributed by atoms with Gasteiger partial charge in [0.2, 0.25) is 21.8 Å². The zero-order chi connectivity index (χ0) is 29.7. The average molecular weight is 584 g/mol. The Kier molecular flexibility index (Phi) is 9.96. The van der Waals surface area contributed by atoms with Gasteiger partial charge in [0.1, 0.15) is 6.04 Å². The van der Waals surface area contributed by atoms with Crippen molar-refractivity contribution in [3.63, 3.8) is 0 Å². The molecular formula is C27H32F3N3O6S. The summed E-state index contributed by atoms with van der Waals surface area (Å²) >= 11 is 0. The zero-order valence-electron chi connectivity index (χ0n) is 22.1. The third-order valence-electron chi connectivity index (χ3n) is 6.67. The van der Waals surface area contributed by atoms with E-state index >= 15 is 0 Å². The molecule has 0 unspecified atom stereocenters. The molecule has 1 heterocycles. The van der Waals surface area contributed by atoms with Crippen LogP contribution in [-0.4, -0.2) is 66.2 Å². The number of rotatable bonds is 10. The zero-order valence-corrected chi connectivity index (χ0v) is 23.0. The number of nitrogens with one attached hydrogen (secondary N) is 1. The van der Waals surface area contributed by atoms with E-state index in [9.17, 15) is 36.0 Å². The Morgan fingerprint density at radius 3 is 2.17 bits per heavy atom. The molecule has 2 aromatic rings. The molecular weight excluding hydrogens is 551 g/mol. The molecule has 0 bridgehead atoms. The van der Waals surface area contributed by atoms with Crippen molar-refractivity contribution in [3.05, 3.63) is 65.2 Å². The van der Waals surface area contributed by atoms with Crippen LogP contribution in [0, 0.1) is 0 Å². The van der Waals surface area contributed by atoms with E-state index in [0.717, 1.165) is 27.6 Å². The molecule has 1 saturated heterocycles. The lowest BCUT2D eigenvalue weighted by Gasteiger charge is -2.39. The molecule has 1 aliphatic heterocycles. The van der Waals surface area contributed by atoms with Crippen molar-refractivity contribution in [2.45, 2.75) is 62.7 Å². The number of carbonyl (C=O) groups excluding carboxylic acids is 2. The molecule has 3 rings (SSSR count). The van der Waals surface area contributed by atoms with E-state index < -0.39 is 50.5 Å². The first-order valence-corrected chi connectivity index (χ1v) is 14.2. The standard InChI is InChI=1S/C27H32F3N3O6S/c1-18(2)20-8-6-19(7-9-20)16-31-26(37)23-17-32(24(34)4-3-5-25(35)36)14-15-33(23)40(38,39)22-12-10-21(11-13-22)27(28,29)30/h6-13,18,23H,3-5,14-17H2,1-2H3,(H,31,37)(H,35,36)/t23-/m1/s1. The fraction of sp³-hybridized carbons (Fsp3) is 0.444. The predicted octanol–water partition coefficient (Wildman–Crippen LogP) is 3.60. The van der Waals surface area contributed by atoms with E-state index in [1.54, 1.807) is 0 Å². The molecule has 0 saturated carbocycles. The summed E-state index contributed by atoms with van der Waals surface area (Å²) in [5.74, 6) is -1.84. The molecule has 1 atom stereocenters. The Labute approximate surface area is 231 Å². The number of piperazine rings is 1. The Morgan fingerprint density at radius 2 is 1.62 bits per heavy atom. The Balaban J connectivity index is 1.82. The van der Waals surface area contributed by atoms with Crippen LogP contribution in [0.5, 0.6) is 0 Å².